The maximum atomic E-state index is 12.2. The Bertz CT molecular complexity index is 478. The van der Waals surface area contributed by atoms with Crippen molar-refractivity contribution in [2.75, 3.05) is 5.32 Å². The number of ether oxygens (including phenoxy) is 1. The van der Waals surface area contributed by atoms with Gasteiger partial charge in [0.15, 0.2) is 5.75 Å². The van der Waals surface area contributed by atoms with Gasteiger partial charge >= 0.3 is 6.61 Å². The van der Waals surface area contributed by atoms with Gasteiger partial charge in [0.1, 0.15) is 0 Å². The number of hydrogen-bond acceptors (Lipinski definition) is 3. The monoisotopic (exact) mass is 340 g/mol. The second-order valence-electron chi connectivity index (χ2n) is 4.39. The summed E-state index contributed by atoms with van der Waals surface area (Å²) in [5.74, 6) is -0.722. The molecule has 0 radical (unpaired) electrons. The van der Waals surface area contributed by atoms with Crippen molar-refractivity contribution < 1.29 is 18.3 Å². The first-order valence-electron chi connectivity index (χ1n) is 6.35. The molecule has 0 saturated carbocycles. The minimum Gasteiger partial charge on any atom is -0.432 e. The summed E-state index contributed by atoms with van der Waals surface area (Å²) in [6.07, 6.45) is 2.31. The summed E-state index contributed by atoms with van der Waals surface area (Å²) in [4.78, 5) is 11.8. The smallest absolute Gasteiger partial charge is 0.387 e. The number of rotatable bonds is 7. The van der Waals surface area contributed by atoms with Gasteiger partial charge in [-0.1, -0.05) is 43.0 Å². The maximum absolute atomic E-state index is 12.2. The van der Waals surface area contributed by atoms with Gasteiger partial charge in [-0.05, 0) is 18.6 Å². The van der Waals surface area contributed by atoms with Crippen LogP contribution in [0.3, 0.4) is 0 Å². The molecule has 4 nitrogen and oxygen atoms in total. The number of anilines is 1. The summed E-state index contributed by atoms with van der Waals surface area (Å²) in [6.45, 7) is -1.05. The lowest BCUT2D eigenvalue weighted by atomic mass is 10.1. The van der Waals surface area contributed by atoms with Crippen LogP contribution in [-0.4, -0.2) is 18.6 Å². The predicted molar refractivity (Wildman–Crippen MR) is 79.2 cm³/mol. The summed E-state index contributed by atoms with van der Waals surface area (Å²) in [6, 6.07) is 1.89. The normalized spacial score (nSPS) is 12.3. The number of nitrogens with two attached hydrogens (primary N) is 1. The predicted octanol–water partition coefficient (Wildman–Crippen LogP) is 4.05. The Morgan fingerprint density at radius 1 is 1.38 bits per heavy atom. The van der Waals surface area contributed by atoms with Gasteiger partial charge in [0.2, 0.25) is 5.91 Å². The first-order chi connectivity index (χ1) is 9.85. The van der Waals surface area contributed by atoms with Gasteiger partial charge in [0.05, 0.1) is 16.1 Å². The van der Waals surface area contributed by atoms with Crippen LogP contribution < -0.4 is 15.8 Å². The molecule has 1 rings (SSSR count). The van der Waals surface area contributed by atoms with Crippen molar-refractivity contribution >= 4 is 34.8 Å². The van der Waals surface area contributed by atoms with E-state index < -0.39 is 18.6 Å². The zero-order chi connectivity index (χ0) is 16.0. The van der Waals surface area contributed by atoms with Gasteiger partial charge in [0, 0.05) is 5.69 Å². The average Bonchev–Trinajstić information content (AvgIpc) is 2.39. The lowest BCUT2D eigenvalue weighted by Gasteiger charge is -2.14. The number of carbonyl (C=O) groups is 1. The van der Waals surface area contributed by atoms with Crippen LogP contribution in [0.25, 0.3) is 0 Å². The standard InChI is InChI=1S/C13H16Cl2F2N2O2/c1-2-3-4-10(18)12(20)19-7-5-8(14)11(9(15)6-7)21-13(16)17/h5-6,10,13H,2-4,18H2,1H3,(H,19,20). The van der Waals surface area contributed by atoms with Crippen molar-refractivity contribution in [3.05, 3.63) is 22.2 Å². The molecular weight excluding hydrogens is 325 g/mol. The molecule has 0 aliphatic carbocycles. The van der Waals surface area contributed by atoms with Crippen LogP contribution in [0.1, 0.15) is 26.2 Å². The minimum atomic E-state index is -3.04. The molecule has 1 atom stereocenters. The van der Waals surface area contributed by atoms with E-state index in [0.29, 0.717) is 6.42 Å². The number of nitrogens with one attached hydrogen (secondary N) is 1. The Morgan fingerprint density at radius 2 is 1.95 bits per heavy atom. The third-order valence-corrected chi connectivity index (χ3v) is 3.24. The fourth-order valence-electron chi connectivity index (χ4n) is 1.62. The van der Waals surface area contributed by atoms with E-state index in [0.717, 1.165) is 12.8 Å². The second kappa shape index (κ2) is 8.36. The summed E-state index contributed by atoms with van der Waals surface area (Å²) >= 11 is 11.6. The van der Waals surface area contributed by atoms with Gasteiger partial charge in [-0.15, -0.1) is 0 Å². The van der Waals surface area contributed by atoms with E-state index in [1.165, 1.54) is 12.1 Å². The molecule has 3 N–H and O–H groups in total. The minimum absolute atomic E-state index is 0.125. The molecule has 0 aromatic heterocycles. The third-order valence-electron chi connectivity index (χ3n) is 2.68. The zero-order valence-corrected chi connectivity index (χ0v) is 12.8. The Morgan fingerprint density at radius 3 is 2.43 bits per heavy atom. The van der Waals surface area contributed by atoms with E-state index in [-0.39, 0.29) is 21.5 Å². The van der Waals surface area contributed by atoms with E-state index in [1.54, 1.807) is 0 Å². The molecule has 0 aliphatic heterocycles. The van der Waals surface area contributed by atoms with Crippen molar-refractivity contribution in [2.24, 2.45) is 5.73 Å². The van der Waals surface area contributed by atoms with Gasteiger partial charge in [-0.2, -0.15) is 8.78 Å². The molecular formula is C13H16Cl2F2N2O2. The highest BCUT2D eigenvalue weighted by atomic mass is 35.5. The molecule has 0 bridgehead atoms. The number of benzene rings is 1. The number of halogens is 4. The largest absolute Gasteiger partial charge is 0.432 e. The van der Waals surface area contributed by atoms with E-state index in [9.17, 15) is 13.6 Å². The van der Waals surface area contributed by atoms with E-state index >= 15 is 0 Å². The van der Waals surface area contributed by atoms with E-state index in [2.05, 4.69) is 10.1 Å². The van der Waals surface area contributed by atoms with Gasteiger partial charge < -0.3 is 15.8 Å². The molecule has 1 aromatic carbocycles. The highest BCUT2D eigenvalue weighted by Gasteiger charge is 2.17. The Hall–Kier alpha value is -1.11. The third kappa shape index (κ3) is 5.65. The summed E-state index contributed by atoms with van der Waals surface area (Å²) in [7, 11) is 0. The molecule has 0 aliphatic rings. The van der Waals surface area contributed by atoms with Crippen LogP contribution in [0, 0.1) is 0 Å². The Balaban J connectivity index is 2.79. The van der Waals surface area contributed by atoms with Crippen LogP contribution in [0.15, 0.2) is 12.1 Å². The molecule has 0 heterocycles. The molecule has 0 fully saturated rings. The Kier molecular flexibility index (Phi) is 7.14. The van der Waals surface area contributed by atoms with Crippen LogP contribution in [0.4, 0.5) is 14.5 Å². The maximum Gasteiger partial charge on any atom is 0.387 e. The fraction of sp³-hybridized carbons (Fsp3) is 0.462. The van der Waals surface area contributed by atoms with Crippen LogP contribution in [0.5, 0.6) is 5.75 Å². The molecule has 1 aromatic rings. The van der Waals surface area contributed by atoms with Crippen molar-refractivity contribution in [3.63, 3.8) is 0 Å². The highest BCUT2D eigenvalue weighted by Crippen LogP contribution is 2.37. The van der Waals surface area contributed by atoms with Gasteiger partial charge in [0.25, 0.3) is 0 Å². The number of amides is 1. The summed E-state index contributed by atoms with van der Waals surface area (Å²) < 4.78 is 28.6. The summed E-state index contributed by atoms with van der Waals surface area (Å²) in [5, 5.41) is 2.29. The quantitative estimate of drug-likeness (QED) is 0.786. The van der Waals surface area contributed by atoms with Gasteiger partial charge in [-0.25, -0.2) is 0 Å². The summed E-state index contributed by atoms with van der Waals surface area (Å²) in [5.41, 5.74) is 5.99. The van der Waals surface area contributed by atoms with Gasteiger partial charge in [-0.3, -0.25) is 4.79 Å². The van der Waals surface area contributed by atoms with Crippen LogP contribution >= 0.6 is 23.2 Å². The SMILES string of the molecule is CCCCC(N)C(=O)Nc1cc(Cl)c(OC(F)F)c(Cl)c1. The molecule has 1 unspecified atom stereocenters. The first-order valence-corrected chi connectivity index (χ1v) is 7.11. The second-order valence-corrected chi connectivity index (χ2v) is 5.20. The highest BCUT2D eigenvalue weighted by molar-refractivity contribution is 6.37. The van der Waals surface area contributed by atoms with Crippen molar-refractivity contribution in [1.82, 2.24) is 0 Å². The lowest BCUT2D eigenvalue weighted by Crippen LogP contribution is -2.35. The number of alkyl halides is 2. The van der Waals surface area contributed by atoms with Crippen molar-refractivity contribution in [2.45, 2.75) is 38.8 Å². The Labute approximate surface area is 131 Å². The number of hydrogen-bond donors (Lipinski definition) is 2. The van der Waals surface area contributed by atoms with Crippen molar-refractivity contribution in [3.8, 4) is 5.75 Å². The molecule has 1 amide bonds. The molecule has 21 heavy (non-hydrogen) atoms. The number of carbonyl (C=O) groups excluding carboxylic acids is 1. The molecule has 118 valence electrons. The molecule has 0 saturated heterocycles. The average molecular weight is 341 g/mol. The van der Waals surface area contributed by atoms with Crippen LogP contribution in [-0.2, 0) is 4.79 Å². The van der Waals surface area contributed by atoms with E-state index in [4.69, 9.17) is 28.9 Å². The zero-order valence-electron chi connectivity index (χ0n) is 11.3. The fourth-order valence-corrected chi connectivity index (χ4v) is 2.20. The topological polar surface area (TPSA) is 64.4 Å². The van der Waals surface area contributed by atoms with Crippen LogP contribution in [0.2, 0.25) is 10.0 Å². The van der Waals surface area contributed by atoms with E-state index in [1.807, 2.05) is 6.92 Å². The molecule has 0 spiro atoms. The number of unbranched alkanes of at least 4 members (excludes halogenated alkanes) is 1. The molecule has 8 heteroatoms. The first kappa shape index (κ1) is 17.9. The van der Waals surface area contributed by atoms with Crippen molar-refractivity contribution in [1.29, 1.82) is 0 Å². The lowest BCUT2D eigenvalue weighted by molar-refractivity contribution is -0.117.